The molecule has 2 rings (SSSR count). The fourth-order valence-electron chi connectivity index (χ4n) is 1.05. The summed E-state index contributed by atoms with van der Waals surface area (Å²) in [5, 5.41) is 0. The molecule has 0 bridgehead atoms. The van der Waals surface area contributed by atoms with E-state index in [1.165, 1.54) is 0 Å². The zero-order valence-corrected chi connectivity index (χ0v) is 7.91. The van der Waals surface area contributed by atoms with Crippen molar-refractivity contribution in [3.05, 3.63) is 48.8 Å². The Morgan fingerprint density at radius 3 is 3.00 bits per heavy atom. The predicted molar refractivity (Wildman–Crippen MR) is 51.9 cm³/mol. The molecule has 2 aromatic rings. The third-order valence-electron chi connectivity index (χ3n) is 1.78. The van der Waals surface area contributed by atoms with Crippen LogP contribution in [0.4, 0.5) is 0 Å². The van der Waals surface area contributed by atoms with Crippen LogP contribution < -0.4 is 0 Å². The number of hydrogen-bond donors (Lipinski definition) is 0. The molecule has 0 N–H and O–H groups in total. The summed E-state index contributed by atoms with van der Waals surface area (Å²) in [6, 6.07) is 5.09. The number of rotatable bonds is 3. The molecule has 0 saturated heterocycles. The Hall–Kier alpha value is -2.17. The lowest BCUT2D eigenvalue weighted by molar-refractivity contribution is 0.0365. The van der Waals surface area contributed by atoms with Crippen LogP contribution in [0.1, 0.15) is 10.5 Å². The number of pyridine rings is 1. The van der Waals surface area contributed by atoms with Gasteiger partial charge in [0.1, 0.15) is 5.69 Å². The molecular weight excluding hydrogens is 194 g/mol. The third kappa shape index (κ3) is 2.40. The second-order valence-electron chi connectivity index (χ2n) is 2.85. The molecule has 2 heterocycles. The van der Waals surface area contributed by atoms with Gasteiger partial charge in [0.2, 0.25) is 0 Å². The van der Waals surface area contributed by atoms with Crippen molar-refractivity contribution in [2.24, 2.45) is 0 Å². The van der Waals surface area contributed by atoms with E-state index in [-0.39, 0.29) is 6.73 Å². The van der Waals surface area contributed by atoms with Gasteiger partial charge in [0.15, 0.2) is 6.73 Å². The van der Waals surface area contributed by atoms with Crippen molar-refractivity contribution in [3.63, 3.8) is 0 Å². The summed E-state index contributed by atoms with van der Waals surface area (Å²) in [4.78, 5) is 19.1. The largest absolute Gasteiger partial charge is 0.439 e. The summed E-state index contributed by atoms with van der Waals surface area (Å²) in [6.45, 7) is 0.148. The number of imidazole rings is 1. The van der Waals surface area contributed by atoms with E-state index >= 15 is 0 Å². The maximum atomic E-state index is 11.4. The first-order chi connectivity index (χ1) is 7.36. The molecule has 0 aromatic carbocycles. The Morgan fingerprint density at radius 2 is 2.33 bits per heavy atom. The maximum absolute atomic E-state index is 11.4. The molecule has 76 valence electrons. The lowest BCUT2D eigenvalue weighted by Gasteiger charge is -2.03. The smallest absolute Gasteiger partial charge is 0.358 e. The van der Waals surface area contributed by atoms with Gasteiger partial charge in [0.25, 0.3) is 0 Å². The molecule has 0 aliphatic rings. The average molecular weight is 203 g/mol. The lowest BCUT2D eigenvalue weighted by atomic mass is 10.4. The molecule has 15 heavy (non-hydrogen) atoms. The minimum atomic E-state index is -0.440. The van der Waals surface area contributed by atoms with Gasteiger partial charge in [-0.05, 0) is 12.1 Å². The maximum Gasteiger partial charge on any atom is 0.358 e. The van der Waals surface area contributed by atoms with Crippen molar-refractivity contribution in [1.82, 2.24) is 14.5 Å². The van der Waals surface area contributed by atoms with Crippen molar-refractivity contribution >= 4 is 5.97 Å². The fraction of sp³-hybridized carbons (Fsp3) is 0.100. The molecule has 0 atom stereocenters. The second-order valence-corrected chi connectivity index (χ2v) is 2.85. The van der Waals surface area contributed by atoms with Crippen LogP contribution in [0.5, 0.6) is 0 Å². The highest BCUT2D eigenvalue weighted by Crippen LogP contribution is 1.98. The summed E-state index contributed by atoms with van der Waals surface area (Å²) in [5.41, 5.74) is 0.303. The van der Waals surface area contributed by atoms with E-state index in [9.17, 15) is 4.79 Å². The van der Waals surface area contributed by atoms with Crippen LogP contribution >= 0.6 is 0 Å². The number of ether oxygens (including phenoxy) is 1. The van der Waals surface area contributed by atoms with Crippen LogP contribution in [-0.2, 0) is 11.5 Å². The highest BCUT2D eigenvalue weighted by Gasteiger charge is 2.06. The SMILES string of the molecule is O=C(OCn1ccnc1)c1ccccn1. The zero-order valence-electron chi connectivity index (χ0n) is 7.91. The highest BCUT2D eigenvalue weighted by molar-refractivity contribution is 5.86. The lowest BCUT2D eigenvalue weighted by Crippen LogP contribution is -2.09. The summed E-state index contributed by atoms with van der Waals surface area (Å²) >= 11 is 0. The van der Waals surface area contributed by atoms with E-state index in [1.54, 1.807) is 47.7 Å². The third-order valence-corrected chi connectivity index (χ3v) is 1.78. The molecule has 5 nitrogen and oxygen atoms in total. The molecule has 0 spiro atoms. The molecule has 2 aromatic heterocycles. The minimum absolute atomic E-state index is 0.148. The molecule has 0 aliphatic heterocycles. The van der Waals surface area contributed by atoms with Gasteiger partial charge in [-0.15, -0.1) is 0 Å². The predicted octanol–water partition coefficient (Wildman–Crippen LogP) is 1.09. The van der Waals surface area contributed by atoms with Crippen molar-refractivity contribution in [2.75, 3.05) is 0 Å². The summed E-state index contributed by atoms with van der Waals surface area (Å²) in [5.74, 6) is -0.440. The van der Waals surface area contributed by atoms with E-state index < -0.39 is 5.97 Å². The minimum Gasteiger partial charge on any atom is -0.439 e. The van der Waals surface area contributed by atoms with E-state index in [0.717, 1.165) is 0 Å². The Balaban J connectivity index is 1.94. The first-order valence-corrected chi connectivity index (χ1v) is 4.40. The number of esters is 1. The van der Waals surface area contributed by atoms with Gasteiger partial charge in [-0.25, -0.2) is 14.8 Å². The number of carbonyl (C=O) groups excluding carboxylic acids is 1. The van der Waals surface area contributed by atoms with E-state index in [1.807, 2.05) is 0 Å². The molecule has 0 amide bonds. The van der Waals surface area contributed by atoms with Crippen molar-refractivity contribution < 1.29 is 9.53 Å². The quantitative estimate of drug-likeness (QED) is 0.701. The fourth-order valence-corrected chi connectivity index (χ4v) is 1.05. The molecule has 0 radical (unpaired) electrons. The Morgan fingerprint density at radius 1 is 1.40 bits per heavy atom. The number of nitrogens with zero attached hydrogens (tertiary/aromatic N) is 3. The number of carbonyl (C=O) groups is 1. The molecular formula is C10H9N3O2. The van der Waals surface area contributed by atoms with E-state index in [0.29, 0.717) is 5.69 Å². The standard InChI is InChI=1S/C10H9N3O2/c14-10(9-3-1-2-4-12-9)15-8-13-6-5-11-7-13/h1-7H,8H2. The normalized spacial score (nSPS) is 9.87. The molecule has 5 heteroatoms. The van der Waals surface area contributed by atoms with Gasteiger partial charge in [-0.1, -0.05) is 6.07 Å². The van der Waals surface area contributed by atoms with Crippen LogP contribution in [0.15, 0.2) is 43.1 Å². The van der Waals surface area contributed by atoms with Crippen molar-refractivity contribution in [2.45, 2.75) is 6.73 Å². The summed E-state index contributed by atoms with van der Waals surface area (Å²) < 4.78 is 6.65. The highest BCUT2D eigenvalue weighted by atomic mass is 16.5. The van der Waals surface area contributed by atoms with Crippen molar-refractivity contribution in [1.29, 1.82) is 0 Å². The van der Waals surface area contributed by atoms with Crippen molar-refractivity contribution in [3.8, 4) is 0 Å². The van der Waals surface area contributed by atoms with Gasteiger partial charge in [-0.2, -0.15) is 0 Å². The number of hydrogen-bond acceptors (Lipinski definition) is 4. The van der Waals surface area contributed by atoms with Gasteiger partial charge in [0.05, 0.1) is 6.33 Å². The van der Waals surface area contributed by atoms with Crippen LogP contribution in [-0.4, -0.2) is 20.5 Å². The van der Waals surface area contributed by atoms with Crippen LogP contribution in [0.25, 0.3) is 0 Å². The van der Waals surface area contributed by atoms with Gasteiger partial charge in [-0.3, -0.25) is 0 Å². The van der Waals surface area contributed by atoms with E-state index in [2.05, 4.69) is 9.97 Å². The van der Waals surface area contributed by atoms with Gasteiger partial charge in [0, 0.05) is 18.6 Å². The van der Waals surface area contributed by atoms with Gasteiger partial charge < -0.3 is 9.30 Å². The first-order valence-electron chi connectivity index (χ1n) is 4.40. The monoisotopic (exact) mass is 203 g/mol. The molecule has 0 fully saturated rings. The summed E-state index contributed by atoms with van der Waals surface area (Å²) in [6.07, 6.45) is 6.46. The van der Waals surface area contributed by atoms with Gasteiger partial charge >= 0.3 is 5.97 Å². The molecule has 0 saturated carbocycles. The topological polar surface area (TPSA) is 57.0 Å². The Bertz CT molecular complexity index is 425. The Kier molecular flexibility index (Phi) is 2.73. The van der Waals surface area contributed by atoms with E-state index in [4.69, 9.17) is 4.74 Å². The summed E-state index contributed by atoms with van der Waals surface area (Å²) in [7, 11) is 0. The zero-order chi connectivity index (χ0) is 10.5. The molecule has 0 aliphatic carbocycles. The molecule has 0 unspecified atom stereocenters. The van der Waals surface area contributed by atoms with Crippen LogP contribution in [0.2, 0.25) is 0 Å². The average Bonchev–Trinajstić information content (AvgIpc) is 2.80. The van der Waals surface area contributed by atoms with Crippen LogP contribution in [0.3, 0.4) is 0 Å². The Labute approximate surface area is 86.4 Å². The number of aromatic nitrogens is 3. The first kappa shape index (κ1) is 9.39. The van der Waals surface area contributed by atoms with Crippen LogP contribution in [0, 0.1) is 0 Å². The second kappa shape index (κ2) is 4.36.